The molecule has 1 amide bonds. The highest BCUT2D eigenvalue weighted by Gasteiger charge is 2.49. The van der Waals surface area contributed by atoms with Crippen molar-refractivity contribution >= 4 is 15.9 Å². The maximum Gasteiger partial charge on any atom is 0.235 e. The fourth-order valence-electron chi connectivity index (χ4n) is 3.21. The van der Waals surface area contributed by atoms with Crippen molar-refractivity contribution in [3.8, 4) is 0 Å². The van der Waals surface area contributed by atoms with E-state index in [9.17, 15) is 13.2 Å². The van der Waals surface area contributed by atoms with E-state index in [4.69, 9.17) is 5.73 Å². The van der Waals surface area contributed by atoms with Gasteiger partial charge in [0.05, 0.1) is 5.75 Å². The van der Waals surface area contributed by atoms with Crippen LogP contribution in [0.15, 0.2) is 0 Å². The zero-order valence-electron chi connectivity index (χ0n) is 10.1. The van der Waals surface area contributed by atoms with Gasteiger partial charge in [-0.3, -0.25) is 4.79 Å². The van der Waals surface area contributed by atoms with Crippen LogP contribution >= 0.6 is 0 Å². The highest BCUT2D eigenvalue weighted by molar-refractivity contribution is 7.89. The van der Waals surface area contributed by atoms with Gasteiger partial charge in [-0.1, -0.05) is 12.8 Å². The van der Waals surface area contributed by atoms with E-state index in [1.165, 1.54) is 4.31 Å². The molecule has 2 N–H and O–H groups in total. The van der Waals surface area contributed by atoms with Gasteiger partial charge in [0.1, 0.15) is 6.04 Å². The van der Waals surface area contributed by atoms with E-state index >= 15 is 0 Å². The molecule has 17 heavy (non-hydrogen) atoms. The van der Waals surface area contributed by atoms with Crippen LogP contribution in [-0.4, -0.2) is 36.5 Å². The normalized spacial score (nSPS) is 34.5. The minimum Gasteiger partial charge on any atom is -0.368 e. The van der Waals surface area contributed by atoms with Crippen LogP contribution in [0.4, 0.5) is 0 Å². The van der Waals surface area contributed by atoms with Crippen molar-refractivity contribution < 1.29 is 13.2 Å². The molecule has 0 radical (unpaired) electrons. The van der Waals surface area contributed by atoms with Gasteiger partial charge in [0, 0.05) is 6.04 Å². The molecule has 3 unspecified atom stereocenters. The predicted molar refractivity (Wildman–Crippen MR) is 64.6 cm³/mol. The molecule has 5 nitrogen and oxygen atoms in total. The third-order valence-electron chi connectivity index (χ3n) is 4.04. The molecule has 0 bridgehead atoms. The number of amides is 1. The van der Waals surface area contributed by atoms with Gasteiger partial charge in [-0.2, -0.15) is 4.31 Å². The van der Waals surface area contributed by atoms with Crippen LogP contribution in [0.5, 0.6) is 0 Å². The predicted octanol–water partition coefficient (Wildman–Crippen LogP) is 0.454. The summed E-state index contributed by atoms with van der Waals surface area (Å²) in [6.45, 7) is 1.61. The SMILES string of the molecule is CCS(=O)(=O)N1C(C(N)=O)CC2CCCCC21. The Kier molecular flexibility index (Phi) is 3.45. The third kappa shape index (κ3) is 2.20. The summed E-state index contributed by atoms with van der Waals surface area (Å²) >= 11 is 0. The Balaban J connectivity index is 2.33. The van der Waals surface area contributed by atoms with Crippen LogP contribution in [0.2, 0.25) is 0 Å². The van der Waals surface area contributed by atoms with Crippen molar-refractivity contribution in [3.63, 3.8) is 0 Å². The second-order valence-electron chi connectivity index (χ2n) is 5.00. The summed E-state index contributed by atoms with van der Waals surface area (Å²) in [7, 11) is -3.33. The van der Waals surface area contributed by atoms with Crippen molar-refractivity contribution in [3.05, 3.63) is 0 Å². The molecule has 0 spiro atoms. The Morgan fingerprint density at radius 2 is 2.00 bits per heavy atom. The van der Waals surface area contributed by atoms with Crippen molar-refractivity contribution in [2.75, 3.05) is 5.75 Å². The molecule has 0 aromatic heterocycles. The number of rotatable bonds is 3. The number of carbonyl (C=O) groups is 1. The molecule has 98 valence electrons. The molecular weight excluding hydrogens is 240 g/mol. The van der Waals surface area contributed by atoms with Gasteiger partial charge in [-0.25, -0.2) is 8.42 Å². The fraction of sp³-hybridized carbons (Fsp3) is 0.909. The lowest BCUT2D eigenvalue weighted by atomic mass is 9.85. The lowest BCUT2D eigenvalue weighted by molar-refractivity contribution is -0.121. The van der Waals surface area contributed by atoms with E-state index < -0.39 is 22.0 Å². The Morgan fingerprint density at radius 3 is 2.59 bits per heavy atom. The second-order valence-corrected chi connectivity index (χ2v) is 7.16. The standard InChI is InChI=1S/C11H20N2O3S/c1-2-17(15,16)13-9-6-4-3-5-8(9)7-10(13)11(12)14/h8-10H,2-7H2,1H3,(H2,12,14). The molecule has 1 heterocycles. The Bertz CT molecular complexity index is 407. The van der Waals surface area contributed by atoms with Crippen LogP contribution in [0.3, 0.4) is 0 Å². The largest absolute Gasteiger partial charge is 0.368 e. The lowest BCUT2D eigenvalue weighted by Crippen LogP contribution is -2.48. The van der Waals surface area contributed by atoms with E-state index in [-0.39, 0.29) is 11.8 Å². The van der Waals surface area contributed by atoms with Crippen LogP contribution in [0.25, 0.3) is 0 Å². The van der Waals surface area contributed by atoms with Crippen molar-refractivity contribution in [2.45, 2.75) is 51.1 Å². The number of hydrogen-bond acceptors (Lipinski definition) is 3. The number of primary amides is 1. The summed E-state index contributed by atoms with van der Waals surface area (Å²) in [4.78, 5) is 11.4. The first-order valence-corrected chi connectivity index (χ1v) is 7.89. The molecule has 1 aliphatic carbocycles. The topological polar surface area (TPSA) is 80.5 Å². The summed E-state index contributed by atoms with van der Waals surface area (Å²) in [5.74, 6) is -0.140. The highest BCUT2D eigenvalue weighted by atomic mass is 32.2. The summed E-state index contributed by atoms with van der Waals surface area (Å²) in [5.41, 5.74) is 5.35. The van der Waals surface area contributed by atoms with Crippen LogP contribution < -0.4 is 5.73 Å². The number of hydrogen-bond donors (Lipinski definition) is 1. The van der Waals surface area contributed by atoms with Crippen molar-refractivity contribution in [1.29, 1.82) is 0 Å². The Hall–Kier alpha value is -0.620. The zero-order chi connectivity index (χ0) is 12.6. The Labute approximate surface area is 102 Å². The minimum atomic E-state index is -3.33. The van der Waals surface area contributed by atoms with Crippen LogP contribution in [-0.2, 0) is 14.8 Å². The number of nitrogens with zero attached hydrogens (tertiary/aromatic N) is 1. The Morgan fingerprint density at radius 1 is 1.35 bits per heavy atom. The van der Waals surface area contributed by atoms with Gasteiger partial charge in [0.2, 0.25) is 15.9 Å². The van der Waals surface area contributed by atoms with Crippen molar-refractivity contribution in [2.24, 2.45) is 11.7 Å². The average Bonchev–Trinajstić information content (AvgIpc) is 2.69. The molecule has 1 aliphatic heterocycles. The zero-order valence-corrected chi connectivity index (χ0v) is 10.9. The number of sulfonamides is 1. The van der Waals surface area contributed by atoms with Gasteiger partial charge in [0.15, 0.2) is 0 Å². The number of nitrogens with two attached hydrogens (primary N) is 1. The molecular formula is C11H20N2O3S. The first kappa shape index (κ1) is 12.8. The molecule has 1 saturated heterocycles. The molecule has 3 atom stereocenters. The van der Waals surface area contributed by atoms with Gasteiger partial charge in [-0.15, -0.1) is 0 Å². The fourth-order valence-corrected chi connectivity index (χ4v) is 4.78. The third-order valence-corrected chi connectivity index (χ3v) is 5.94. The summed E-state index contributed by atoms with van der Waals surface area (Å²) in [5, 5.41) is 0. The quantitative estimate of drug-likeness (QED) is 0.800. The van der Waals surface area contributed by atoms with E-state index in [0.717, 1.165) is 25.7 Å². The second kappa shape index (κ2) is 4.57. The van der Waals surface area contributed by atoms with Crippen molar-refractivity contribution in [1.82, 2.24) is 4.31 Å². The van der Waals surface area contributed by atoms with E-state index in [1.807, 2.05) is 0 Å². The maximum absolute atomic E-state index is 12.1. The van der Waals surface area contributed by atoms with E-state index in [1.54, 1.807) is 6.92 Å². The molecule has 2 rings (SSSR count). The number of fused-ring (bicyclic) bond motifs is 1. The van der Waals surface area contributed by atoms with Gasteiger partial charge < -0.3 is 5.73 Å². The number of carbonyl (C=O) groups excluding carboxylic acids is 1. The lowest BCUT2D eigenvalue weighted by Gasteiger charge is -2.31. The van der Waals surface area contributed by atoms with E-state index in [2.05, 4.69) is 0 Å². The average molecular weight is 260 g/mol. The smallest absolute Gasteiger partial charge is 0.235 e. The van der Waals surface area contributed by atoms with Crippen LogP contribution in [0.1, 0.15) is 39.0 Å². The molecule has 0 aromatic carbocycles. The summed E-state index contributed by atoms with van der Waals surface area (Å²) < 4.78 is 25.6. The summed E-state index contributed by atoms with van der Waals surface area (Å²) in [6.07, 6.45) is 4.67. The molecule has 1 saturated carbocycles. The molecule has 0 aromatic rings. The maximum atomic E-state index is 12.1. The molecule has 2 aliphatic rings. The molecule has 6 heteroatoms. The van der Waals surface area contributed by atoms with Crippen LogP contribution in [0, 0.1) is 5.92 Å². The van der Waals surface area contributed by atoms with Gasteiger partial charge in [0.25, 0.3) is 0 Å². The molecule has 2 fully saturated rings. The highest BCUT2D eigenvalue weighted by Crippen LogP contribution is 2.41. The first-order chi connectivity index (χ1) is 7.97. The minimum absolute atomic E-state index is 0.00574. The van der Waals surface area contributed by atoms with Gasteiger partial charge in [-0.05, 0) is 32.1 Å². The van der Waals surface area contributed by atoms with Gasteiger partial charge >= 0.3 is 0 Å². The van der Waals surface area contributed by atoms with E-state index in [0.29, 0.717) is 12.3 Å². The monoisotopic (exact) mass is 260 g/mol. The first-order valence-electron chi connectivity index (χ1n) is 6.28. The summed E-state index contributed by atoms with van der Waals surface area (Å²) in [6, 6.07) is -0.612.